The summed E-state index contributed by atoms with van der Waals surface area (Å²) < 4.78 is 5.61. The predicted molar refractivity (Wildman–Crippen MR) is 64.3 cm³/mol. The quantitative estimate of drug-likeness (QED) is 0.781. The van der Waals surface area contributed by atoms with Crippen molar-refractivity contribution in [3.63, 3.8) is 0 Å². The number of rotatable bonds is 4. The number of likely N-dealkylation sites (N-methyl/N-ethyl adjacent to an activating group) is 1. The van der Waals surface area contributed by atoms with Crippen LogP contribution in [-0.4, -0.2) is 49.2 Å². The van der Waals surface area contributed by atoms with Gasteiger partial charge in [-0.15, -0.1) is 0 Å². The molecule has 4 nitrogen and oxygen atoms in total. The van der Waals surface area contributed by atoms with Gasteiger partial charge in [0.1, 0.15) is 6.61 Å². The van der Waals surface area contributed by atoms with Crippen LogP contribution in [-0.2, 0) is 9.53 Å². The van der Waals surface area contributed by atoms with Gasteiger partial charge in [0.2, 0.25) is 5.91 Å². The predicted octanol–water partition coefficient (Wildman–Crippen LogP) is 1.01. The van der Waals surface area contributed by atoms with Crippen LogP contribution in [0.3, 0.4) is 0 Å². The zero-order valence-corrected chi connectivity index (χ0v) is 10.8. The molecule has 1 fully saturated rings. The SMILES string of the molecule is CC1CCC(OCC(=O)N(C)C(C)C)CN1. The van der Waals surface area contributed by atoms with E-state index in [0.29, 0.717) is 6.04 Å². The van der Waals surface area contributed by atoms with Gasteiger partial charge in [0, 0.05) is 25.7 Å². The van der Waals surface area contributed by atoms with Gasteiger partial charge < -0.3 is 15.0 Å². The molecule has 1 aliphatic heterocycles. The van der Waals surface area contributed by atoms with Crippen molar-refractivity contribution in [2.24, 2.45) is 0 Å². The first-order valence-electron chi connectivity index (χ1n) is 6.11. The van der Waals surface area contributed by atoms with Crippen molar-refractivity contribution in [1.29, 1.82) is 0 Å². The molecule has 1 N–H and O–H groups in total. The Labute approximate surface area is 98.3 Å². The molecule has 0 spiro atoms. The highest BCUT2D eigenvalue weighted by molar-refractivity contribution is 5.77. The second-order valence-electron chi connectivity index (χ2n) is 4.92. The summed E-state index contributed by atoms with van der Waals surface area (Å²) in [6.07, 6.45) is 2.37. The van der Waals surface area contributed by atoms with Crippen LogP contribution in [0.2, 0.25) is 0 Å². The maximum atomic E-state index is 11.7. The van der Waals surface area contributed by atoms with Gasteiger partial charge in [0.25, 0.3) is 0 Å². The lowest BCUT2D eigenvalue weighted by Gasteiger charge is -2.28. The molecule has 0 bridgehead atoms. The van der Waals surface area contributed by atoms with E-state index < -0.39 is 0 Å². The molecule has 1 rings (SSSR count). The highest BCUT2D eigenvalue weighted by atomic mass is 16.5. The molecular weight excluding hydrogens is 204 g/mol. The summed E-state index contributed by atoms with van der Waals surface area (Å²) in [5, 5.41) is 3.36. The van der Waals surface area contributed by atoms with E-state index in [1.54, 1.807) is 4.90 Å². The summed E-state index contributed by atoms with van der Waals surface area (Å²) in [6.45, 7) is 7.24. The summed E-state index contributed by atoms with van der Waals surface area (Å²) in [4.78, 5) is 13.4. The van der Waals surface area contributed by atoms with E-state index in [-0.39, 0.29) is 24.7 Å². The maximum Gasteiger partial charge on any atom is 0.248 e. The summed E-state index contributed by atoms with van der Waals surface area (Å²) in [5.74, 6) is 0.0635. The Balaban J connectivity index is 2.22. The Morgan fingerprint density at radius 3 is 2.69 bits per heavy atom. The van der Waals surface area contributed by atoms with Crippen molar-refractivity contribution in [3.05, 3.63) is 0 Å². The molecule has 0 aliphatic carbocycles. The van der Waals surface area contributed by atoms with Gasteiger partial charge >= 0.3 is 0 Å². The Bertz CT molecular complexity index is 223. The van der Waals surface area contributed by atoms with E-state index in [1.807, 2.05) is 20.9 Å². The van der Waals surface area contributed by atoms with Gasteiger partial charge in [0.05, 0.1) is 6.10 Å². The highest BCUT2D eigenvalue weighted by Crippen LogP contribution is 2.10. The second-order valence-corrected chi connectivity index (χ2v) is 4.92. The molecule has 2 atom stereocenters. The molecule has 16 heavy (non-hydrogen) atoms. The maximum absolute atomic E-state index is 11.7. The van der Waals surface area contributed by atoms with Crippen molar-refractivity contribution < 1.29 is 9.53 Å². The van der Waals surface area contributed by atoms with Crippen molar-refractivity contribution in [2.75, 3.05) is 20.2 Å². The van der Waals surface area contributed by atoms with Crippen molar-refractivity contribution in [3.8, 4) is 0 Å². The second kappa shape index (κ2) is 6.21. The molecular formula is C12H24N2O2. The lowest BCUT2D eigenvalue weighted by molar-refractivity contribution is -0.138. The van der Waals surface area contributed by atoms with E-state index in [4.69, 9.17) is 4.74 Å². The van der Waals surface area contributed by atoms with Crippen LogP contribution in [0.1, 0.15) is 33.6 Å². The van der Waals surface area contributed by atoms with E-state index in [1.165, 1.54) is 0 Å². The molecule has 0 aromatic rings. The monoisotopic (exact) mass is 228 g/mol. The van der Waals surface area contributed by atoms with E-state index in [2.05, 4.69) is 12.2 Å². The van der Waals surface area contributed by atoms with Gasteiger partial charge in [-0.2, -0.15) is 0 Å². The van der Waals surface area contributed by atoms with E-state index >= 15 is 0 Å². The fraction of sp³-hybridized carbons (Fsp3) is 0.917. The molecule has 0 radical (unpaired) electrons. The van der Waals surface area contributed by atoms with Crippen LogP contribution in [0.4, 0.5) is 0 Å². The molecule has 0 aromatic carbocycles. The van der Waals surface area contributed by atoms with Crippen LogP contribution in [0.15, 0.2) is 0 Å². The van der Waals surface area contributed by atoms with Crippen molar-refractivity contribution >= 4 is 5.91 Å². The number of hydrogen-bond donors (Lipinski definition) is 1. The first-order chi connectivity index (χ1) is 7.50. The standard InChI is InChI=1S/C12H24N2O2/c1-9(2)14(4)12(15)8-16-11-6-5-10(3)13-7-11/h9-11,13H,5-8H2,1-4H3. The van der Waals surface area contributed by atoms with Crippen LogP contribution in [0.25, 0.3) is 0 Å². The Morgan fingerprint density at radius 2 is 2.19 bits per heavy atom. The number of ether oxygens (including phenoxy) is 1. The largest absolute Gasteiger partial charge is 0.367 e. The molecule has 4 heteroatoms. The zero-order valence-electron chi connectivity index (χ0n) is 10.8. The summed E-state index contributed by atoms with van der Waals surface area (Å²) >= 11 is 0. The number of nitrogens with zero attached hydrogens (tertiary/aromatic N) is 1. The van der Waals surface area contributed by atoms with Crippen LogP contribution >= 0.6 is 0 Å². The zero-order chi connectivity index (χ0) is 12.1. The number of nitrogens with one attached hydrogen (secondary N) is 1. The molecule has 2 unspecified atom stereocenters. The van der Waals surface area contributed by atoms with Gasteiger partial charge in [-0.25, -0.2) is 0 Å². The normalized spacial score (nSPS) is 25.8. The lowest BCUT2D eigenvalue weighted by atomic mass is 10.0. The minimum Gasteiger partial charge on any atom is -0.367 e. The van der Waals surface area contributed by atoms with Gasteiger partial charge in [-0.1, -0.05) is 0 Å². The minimum atomic E-state index is 0.0635. The first kappa shape index (κ1) is 13.5. The number of amides is 1. The Hall–Kier alpha value is -0.610. The lowest BCUT2D eigenvalue weighted by Crippen LogP contribution is -2.43. The first-order valence-corrected chi connectivity index (χ1v) is 6.11. The van der Waals surface area contributed by atoms with E-state index in [9.17, 15) is 4.79 Å². The topological polar surface area (TPSA) is 41.6 Å². The summed E-state index contributed by atoms with van der Waals surface area (Å²) in [5.41, 5.74) is 0. The Kier molecular flexibility index (Phi) is 5.22. The summed E-state index contributed by atoms with van der Waals surface area (Å²) in [7, 11) is 1.82. The third-order valence-electron chi connectivity index (χ3n) is 3.23. The number of piperidine rings is 1. The van der Waals surface area contributed by atoms with Crippen LogP contribution in [0.5, 0.6) is 0 Å². The smallest absolute Gasteiger partial charge is 0.248 e. The number of carbonyl (C=O) groups excluding carboxylic acids is 1. The van der Waals surface area contributed by atoms with Crippen LogP contribution < -0.4 is 5.32 Å². The van der Waals surface area contributed by atoms with Crippen molar-refractivity contribution in [2.45, 2.75) is 51.8 Å². The Morgan fingerprint density at radius 1 is 1.50 bits per heavy atom. The average Bonchev–Trinajstić information content (AvgIpc) is 2.26. The third kappa shape index (κ3) is 4.10. The summed E-state index contributed by atoms with van der Waals surface area (Å²) in [6, 6.07) is 0.814. The molecule has 1 heterocycles. The highest BCUT2D eigenvalue weighted by Gasteiger charge is 2.20. The van der Waals surface area contributed by atoms with Gasteiger partial charge in [0.15, 0.2) is 0 Å². The fourth-order valence-corrected chi connectivity index (χ4v) is 1.69. The van der Waals surface area contributed by atoms with Gasteiger partial charge in [-0.3, -0.25) is 4.79 Å². The average molecular weight is 228 g/mol. The fourth-order valence-electron chi connectivity index (χ4n) is 1.69. The third-order valence-corrected chi connectivity index (χ3v) is 3.23. The van der Waals surface area contributed by atoms with E-state index in [0.717, 1.165) is 19.4 Å². The number of hydrogen-bond acceptors (Lipinski definition) is 3. The molecule has 1 saturated heterocycles. The molecule has 1 amide bonds. The van der Waals surface area contributed by atoms with Gasteiger partial charge in [-0.05, 0) is 33.6 Å². The molecule has 0 saturated carbocycles. The molecule has 0 aromatic heterocycles. The molecule has 94 valence electrons. The van der Waals surface area contributed by atoms with Crippen LogP contribution in [0, 0.1) is 0 Å². The van der Waals surface area contributed by atoms with Crippen molar-refractivity contribution in [1.82, 2.24) is 10.2 Å². The molecule has 1 aliphatic rings. The minimum absolute atomic E-state index is 0.0635. The number of carbonyl (C=O) groups is 1.